The second kappa shape index (κ2) is 6.32. The third kappa shape index (κ3) is 3.03. The molecule has 1 aliphatic heterocycles. The van der Waals surface area contributed by atoms with E-state index < -0.39 is 5.82 Å². The number of hydrogen-bond donors (Lipinski definition) is 1. The Bertz CT molecular complexity index is 748. The zero-order valence-electron chi connectivity index (χ0n) is 13.2. The Morgan fingerprint density at radius 2 is 2.25 bits per heavy atom. The third-order valence-electron chi connectivity index (χ3n) is 4.89. The highest BCUT2D eigenvalue weighted by molar-refractivity contribution is 5.78. The van der Waals surface area contributed by atoms with Gasteiger partial charge in [-0.3, -0.25) is 9.69 Å². The summed E-state index contributed by atoms with van der Waals surface area (Å²) in [7, 11) is 0. The number of halogens is 1. The fourth-order valence-electron chi connectivity index (χ4n) is 3.71. The Balaban J connectivity index is 1.32. The molecular formula is C17H19FN4O2. The van der Waals surface area contributed by atoms with Crippen molar-refractivity contribution in [2.24, 2.45) is 5.92 Å². The van der Waals surface area contributed by atoms with E-state index in [4.69, 9.17) is 4.52 Å². The molecule has 1 aromatic carbocycles. The highest BCUT2D eigenvalue weighted by Gasteiger charge is 2.38. The van der Waals surface area contributed by atoms with Gasteiger partial charge in [-0.05, 0) is 37.3 Å². The van der Waals surface area contributed by atoms with Crippen molar-refractivity contribution < 1.29 is 13.7 Å². The van der Waals surface area contributed by atoms with Gasteiger partial charge in [0.25, 0.3) is 0 Å². The van der Waals surface area contributed by atoms with Gasteiger partial charge in [-0.15, -0.1) is 0 Å². The van der Waals surface area contributed by atoms with E-state index in [1.807, 2.05) is 0 Å². The number of carbonyl (C=O) groups is 1. The van der Waals surface area contributed by atoms with Gasteiger partial charge in [0.15, 0.2) is 0 Å². The number of hydrogen-bond acceptors (Lipinski definition) is 5. The number of amides is 1. The van der Waals surface area contributed by atoms with E-state index in [-0.39, 0.29) is 29.7 Å². The minimum Gasteiger partial charge on any atom is -0.346 e. The summed E-state index contributed by atoms with van der Waals surface area (Å²) >= 11 is 0. The van der Waals surface area contributed by atoms with Gasteiger partial charge in [0.2, 0.25) is 17.6 Å². The van der Waals surface area contributed by atoms with E-state index in [1.54, 1.807) is 18.2 Å². The van der Waals surface area contributed by atoms with Crippen LogP contribution in [0.2, 0.25) is 0 Å². The molecule has 2 fully saturated rings. The first-order valence-electron chi connectivity index (χ1n) is 8.27. The van der Waals surface area contributed by atoms with Crippen LogP contribution in [-0.2, 0) is 11.3 Å². The summed E-state index contributed by atoms with van der Waals surface area (Å²) in [5.41, 5.74) is 0.284. The predicted octanol–water partition coefficient (Wildman–Crippen LogP) is 1.98. The zero-order chi connectivity index (χ0) is 16.5. The third-order valence-corrected chi connectivity index (χ3v) is 4.89. The van der Waals surface area contributed by atoms with E-state index in [9.17, 15) is 9.18 Å². The number of carbonyl (C=O) groups excluding carboxylic acids is 1. The van der Waals surface area contributed by atoms with Crippen LogP contribution in [0.1, 0.15) is 25.2 Å². The normalized spacial score (nSPS) is 22.9. The average molecular weight is 330 g/mol. The second-order valence-electron chi connectivity index (χ2n) is 6.53. The molecule has 0 radical (unpaired) electrons. The molecule has 126 valence electrons. The molecule has 1 aromatic heterocycles. The van der Waals surface area contributed by atoms with E-state index in [0.717, 1.165) is 12.5 Å². The van der Waals surface area contributed by atoms with E-state index in [0.29, 0.717) is 12.6 Å². The predicted molar refractivity (Wildman–Crippen MR) is 84.2 cm³/mol. The van der Waals surface area contributed by atoms with Crippen LogP contribution in [0.3, 0.4) is 0 Å². The molecular weight excluding hydrogens is 311 g/mol. The van der Waals surface area contributed by atoms with Crippen LogP contribution in [0.15, 0.2) is 28.8 Å². The lowest BCUT2D eigenvalue weighted by Crippen LogP contribution is -2.41. The van der Waals surface area contributed by atoms with E-state index in [2.05, 4.69) is 20.4 Å². The number of nitrogens with one attached hydrogen (secondary N) is 1. The summed E-state index contributed by atoms with van der Waals surface area (Å²) in [5.74, 6) is 0.770. The molecule has 1 saturated carbocycles. The van der Waals surface area contributed by atoms with Gasteiger partial charge in [0, 0.05) is 12.6 Å². The molecule has 1 N–H and O–H groups in total. The van der Waals surface area contributed by atoms with Crippen LogP contribution >= 0.6 is 0 Å². The molecule has 1 aliphatic carbocycles. The number of aromatic nitrogens is 2. The minimum atomic E-state index is -0.405. The summed E-state index contributed by atoms with van der Waals surface area (Å²) < 4.78 is 18.8. The van der Waals surface area contributed by atoms with E-state index >= 15 is 0 Å². The van der Waals surface area contributed by atoms with Crippen molar-refractivity contribution >= 4 is 5.91 Å². The summed E-state index contributed by atoms with van der Waals surface area (Å²) in [6.07, 6.45) is 3.72. The quantitative estimate of drug-likeness (QED) is 0.908. The van der Waals surface area contributed by atoms with Crippen molar-refractivity contribution in [3.05, 3.63) is 36.0 Å². The van der Waals surface area contributed by atoms with Crippen molar-refractivity contribution in [3.63, 3.8) is 0 Å². The Morgan fingerprint density at radius 1 is 1.38 bits per heavy atom. The first kappa shape index (κ1) is 15.3. The fraction of sp³-hybridized carbons (Fsp3) is 0.471. The fourth-order valence-corrected chi connectivity index (χ4v) is 3.71. The van der Waals surface area contributed by atoms with Crippen LogP contribution in [0.5, 0.6) is 0 Å². The molecule has 24 heavy (non-hydrogen) atoms. The Hall–Kier alpha value is -2.28. The standard InChI is InChI=1S/C17H19FN4O2/c18-14-4-2-1-3-13(14)17-20-16(24-21-17)8-19-15(23)10-22-9-11-5-6-12(22)7-11/h1-4,11-12H,5-10H2,(H,19,23)/t11-,12+/m1/s1. The van der Waals surface area contributed by atoms with Gasteiger partial charge >= 0.3 is 0 Å². The van der Waals surface area contributed by atoms with Crippen molar-refractivity contribution in [1.29, 1.82) is 0 Å². The number of benzene rings is 1. The molecule has 2 atom stereocenters. The second-order valence-corrected chi connectivity index (χ2v) is 6.53. The molecule has 4 rings (SSSR count). The smallest absolute Gasteiger partial charge is 0.246 e. The van der Waals surface area contributed by atoms with Gasteiger partial charge in [0.05, 0.1) is 18.7 Å². The lowest BCUT2D eigenvalue weighted by Gasteiger charge is -2.25. The lowest BCUT2D eigenvalue weighted by atomic mass is 10.1. The summed E-state index contributed by atoms with van der Waals surface area (Å²) in [5, 5.41) is 6.57. The van der Waals surface area contributed by atoms with Gasteiger partial charge in [-0.1, -0.05) is 17.3 Å². The maximum Gasteiger partial charge on any atom is 0.246 e. The van der Waals surface area contributed by atoms with Gasteiger partial charge in [-0.25, -0.2) is 4.39 Å². The van der Waals surface area contributed by atoms with E-state index in [1.165, 1.54) is 25.3 Å². The van der Waals surface area contributed by atoms with Crippen LogP contribution < -0.4 is 5.32 Å². The molecule has 2 aliphatic rings. The van der Waals surface area contributed by atoms with Crippen molar-refractivity contribution in [2.45, 2.75) is 31.8 Å². The first-order valence-corrected chi connectivity index (χ1v) is 8.27. The largest absolute Gasteiger partial charge is 0.346 e. The number of likely N-dealkylation sites (tertiary alicyclic amines) is 1. The van der Waals surface area contributed by atoms with Crippen molar-refractivity contribution in [1.82, 2.24) is 20.4 Å². The van der Waals surface area contributed by atoms with Gasteiger partial charge < -0.3 is 9.84 Å². The number of nitrogens with zero attached hydrogens (tertiary/aromatic N) is 3. The van der Waals surface area contributed by atoms with Crippen LogP contribution in [0, 0.1) is 11.7 Å². The molecule has 6 nitrogen and oxygen atoms in total. The molecule has 0 spiro atoms. The van der Waals surface area contributed by atoms with Crippen molar-refractivity contribution in [3.8, 4) is 11.4 Å². The van der Waals surface area contributed by atoms with Crippen molar-refractivity contribution in [2.75, 3.05) is 13.1 Å². The van der Waals surface area contributed by atoms with Crippen LogP contribution in [0.4, 0.5) is 4.39 Å². The Kier molecular flexibility index (Phi) is 4.02. The topological polar surface area (TPSA) is 71.3 Å². The summed E-state index contributed by atoms with van der Waals surface area (Å²) in [6.45, 7) is 1.59. The first-order chi connectivity index (χ1) is 11.7. The zero-order valence-corrected chi connectivity index (χ0v) is 13.2. The number of piperidine rings is 1. The van der Waals surface area contributed by atoms with Crippen LogP contribution in [0.25, 0.3) is 11.4 Å². The lowest BCUT2D eigenvalue weighted by molar-refractivity contribution is -0.122. The maximum absolute atomic E-state index is 13.7. The monoisotopic (exact) mass is 330 g/mol. The molecule has 0 unspecified atom stereocenters. The highest BCUT2D eigenvalue weighted by atomic mass is 19.1. The summed E-state index contributed by atoms with van der Waals surface area (Å²) in [6, 6.07) is 6.81. The maximum atomic E-state index is 13.7. The minimum absolute atomic E-state index is 0.0480. The Labute approximate surface area is 139 Å². The molecule has 7 heteroatoms. The van der Waals surface area contributed by atoms with Gasteiger partial charge in [0.1, 0.15) is 5.82 Å². The highest BCUT2D eigenvalue weighted by Crippen LogP contribution is 2.36. The molecule has 1 saturated heterocycles. The summed E-state index contributed by atoms with van der Waals surface area (Å²) in [4.78, 5) is 18.5. The number of fused-ring (bicyclic) bond motifs is 2. The SMILES string of the molecule is O=C(CN1C[C@@H]2CC[C@H]1C2)NCc1nc(-c2ccccc2F)no1. The Morgan fingerprint density at radius 3 is 3.00 bits per heavy atom. The average Bonchev–Trinajstić information content (AvgIpc) is 3.30. The molecule has 2 heterocycles. The molecule has 1 amide bonds. The molecule has 2 bridgehead atoms. The molecule has 2 aromatic rings. The number of rotatable bonds is 5. The van der Waals surface area contributed by atoms with Gasteiger partial charge in [-0.2, -0.15) is 4.98 Å². The van der Waals surface area contributed by atoms with Crippen LogP contribution in [-0.4, -0.2) is 40.1 Å².